The zero-order valence-corrected chi connectivity index (χ0v) is 10.5. The summed E-state index contributed by atoms with van der Waals surface area (Å²) in [6.07, 6.45) is 2.88. The minimum atomic E-state index is -0.149. The van der Waals surface area contributed by atoms with Gasteiger partial charge < -0.3 is 15.3 Å². The molecule has 1 aromatic rings. The van der Waals surface area contributed by atoms with Crippen molar-refractivity contribution in [1.29, 1.82) is 0 Å². The fraction of sp³-hybridized carbons (Fsp3) is 0.583. The summed E-state index contributed by atoms with van der Waals surface area (Å²) < 4.78 is 0. The molecular formula is C12H18N4O2. The number of rotatable bonds is 3. The molecule has 18 heavy (non-hydrogen) atoms. The van der Waals surface area contributed by atoms with E-state index >= 15 is 0 Å². The maximum atomic E-state index is 12.3. The number of aromatic nitrogens is 2. The van der Waals surface area contributed by atoms with Crippen molar-refractivity contribution in [2.75, 3.05) is 25.5 Å². The summed E-state index contributed by atoms with van der Waals surface area (Å²) in [7, 11) is 1.75. The molecule has 0 radical (unpaired) electrons. The van der Waals surface area contributed by atoms with Crippen LogP contribution in [0.5, 0.6) is 0 Å². The van der Waals surface area contributed by atoms with Crippen LogP contribution in [0.4, 0.5) is 5.82 Å². The van der Waals surface area contributed by atoms with Crippen molar-refractivity contribution in [3.63, 3.8) is 0 Å². The molecule has 0 saturated carbocycles. The third-order valence-electron chi connectivity index (χ3n) is 3.24. The van der Waals surface area contributed by atoms with Crippen LogP contribution in [0.15, 0.2) is 12.1 Å². The Kier molecular flexibility index (Phi) is 4.09. The number of carbonyl (C=O) groups is 1. The second kappa shape index (κ2) is 5.77. The first-order valence-corrected chi connectivity index (χ1v) is 6.19. The van der Waals surface area contributed by atoms with Gasteiger partial charge in [-0.1, -0.05) is 0 Å². The number of hydrogen-bond acceptors (Lipinski definition) is 5. The van der Waals surface area contributed by atoms with Crippen molar-refractivity contribution in [2.45, 2.75) is 25.3 Å². The summed E-state index contributed by atoms with van der Waals surface area (Å²) in [5.41, 5.74) is 0.328. The maximum absolute atomic E-state index is 12.3. The van der Waals surface area contributed by atoms with Crippen LogP contribution in [-0.2, 0) is 0 Å². The molecule has 6 heteroatoms. The van der Waals surface area contributed by atoms with E-state index in [1.165, 1.54) is 0 Å². The topological polar surface area (TPSA) is 78.4 Å². The summed E-state index contributed by atoms with van der Waals surface area (Å²) >= 11 is 0. The fourth-order valence-electron chi connectivity index (χ4n) is 2.18. The summed E-state index contributed by atoms with van der Waals surface area (Å²) in [5, 5.41) is 20.0. The van der Waals surface area contributed by atoms with E-state index in [1.54, 1.807) is 24.1 Å². The van der Waals surface area contributed by atoms with Gasteiger partial charge in [0.1, 0.15) is 5.82 Å². The van der Waals surface area contributed by atoms with Crippen molar-refractivity contribution in [1.82, 2.24) is 15.1 Å². The average molecular weight is 250 g/mol. The van der Waals surface area contributed by atoms with Crippen LogP contribution < -0.4 is 5.32 Å². The molecule has 6 nitrogen and oxygen atoms in total. The van der Waals surface area contributed by atoms with E-state index in [2.05, 4.69) is 15.5 Å². The molecule has 2 heterocycles. The number of anilines is 1. The molecule has 2 rings (SSSR count). The number of nitrogens with one attached hydrogen (secondary N) is 1. The number of hydrogen-bond donors (Lipinski definition) is 2. The molecule has 2 N–H and O–H groups in total. The Labute approximate surface area is 106 Å². The molecule has 1 atom stereocenters. The monoisotopic (exact) mass is 250 g/mol. The van der Waals surface area contributed by atoms with Gasteiger partial charge in [-0.3, -0.25) is 4.79 Å². The fourth-order valence-corrected chi connectivity index (χ4v) is 2.18. The van der Waals surface area contributed by atoms with Crippen LogP contribution in [0, 0.1) is 0 Å². The first kappa shape index (κ1) is 12.8. The first-order chi connectivity index (χ1) is 8.76. The van der Waals surface area contributed by atoms with E-state index in [-0.39, 0.29) is 18.6 Å². The van der Waals surface area contributed by atoms with Crippen LogP contribution in [0.1, 0.15) is 29.8 Å². The summed E-state index contributed by atoms with van der Waals surface area (Å²) in [4.78, 5) is 14.0. The molecule has 1 unspecified atom stereocenters. The van der Waals surface area contributed by atoms with Gasteiger partial charge in [0.2, 0.25) is 0 Å². The second-order valence-electron chi connectivity index (χ2n) is 4.38. The van der Waals surface area contributed by atoms with Crippen LogP contribution >= 0.6 is 0 Å². The number of aliphatic hydroxyl groups excluding tert-OH is 1. The second-order valence-corrected chi connectivity index (χ2v) is 4.38. The Morgan fingerprint density at radius 3 is 2.94 bits per heavy atom. The Balaban J connectivity index is 2.13. The van der Waals surface area contributed by atoms with E-state index in [0.29, 0.717) is 18.1 Å². The number of carbonyl (C=O) groups excluding carboxylic acids is 1. The predicted octanol–water partition coefficient (Wildman–Crippen LogP) is 0.505. The van der Waals surface area contributed by atoms with E-state index in [4.69, 9.17) is 0 Å². The quantitative estimate of drug-likeness (QED) is 0.817. The van der Waals surface area contributed by atoms with Gasteiger partial charge in [-0.2, -0.15) is 0 Å². The molecule has 1 aromatic heterocycles. The average Bonchev–Trinajstić information content (AvgIpc) is 2.46. The lowest BCUT2D eigenvalue weighted by Crippen LogP contribution is -2.45. The summed E-state index contributed by atoms with van der Waals surface area (Å²) in [6, 6.07) is 3.29. The molecule has 1 aliphatic heterocycles. The minimum Gasteiger partial charge on any atom is -0.394 e. The van der Waals surface area contributed by atoms with Gasteiger partial charge in [0, 0.05) is 13.6 Å². The Morgan fingerprint density at radius 2 is 2.33 bits per heavy atom. The van der Waals surface area contributed by atoms with Crippen LogP contribution in [0.3, 0.4) is 0 Å². The maximum Gasteiger partial charge on any atom is 0.274 e. The predicted molar refractivity (Wildman–Crippen MR) is 67.3 cm³/mol. The SMILES string of the molecule is CNc1ccc(C(=O)N2CCCCC2CO)nn1. The number of piperidine rings is 1. The molecule has 1 fully saturated rings. The number of nitrogens with zero attached hydrogens (tertiary/aromatic N) is 3. The Morgan fingerprint density at radius 1 is 1.50 bits per heavy atom. The Hall–Kier alpha value is -1.69. The summed E-state index contributed by atoms with van der Waals surface area (Å²) in [6.45, 7) is 0.688. The van der Waals surface area contributed by atoms with Gasteiger partial charge in [0.15, 0.2) is 5.69 Å². The molecule has 1 aliphatic rings. The van der Waals surface area contributed by atoms with Gasteiger partial charge >= 0.3 is 0 Å². The molecule has 0 aromatic carbocycles. The minimum absolute atomic E-state index is 0.00771. The van der Waals surface area contributed by atoms with Gasteiger partial charge in [-0.15, -0.1) is 10.2 Å². The molecule has 1 saturated heterocycles. The highest BCUT2D eigenvalue weighted by Crippen LogP contribution is 2.18. The third kappa shape index (κ3) is 2.59. The first-order valence-electron chi connectivity index (χ1n) is 6.19. The smallest absolute Gasteiger partial charge is 0.274 e. The largest absolute Gasteiger partial charge is 0.394 e. The molecule has 98 valence electrons. The lowest BCUT2D eigenvalue weighted by Gasteiger charge is -2.34. The van der Waals surface area contributed by atoms with E-state index < -0.39 is 0 Å². The Bertz CT molecular complexity index is 407. The highest BCUT2D eigenvalue weighted by atomic mass is 16.3. The molecular weight excluding hydrogens is 232 g/mol. The zero-order valence-electron chi connectivity index (χ0n) is 10.5. The normalized spacial score (nSPS) is 19.7. The lowest BCUT2D eigenvalue weighted by atomic mass is 10.0. The van der Waals surface area contributed by atoms with E-state index in [9.17, 15) is 9.90 Å². The van der Waals surface area contributed by atoms with Crippen molar-refractivity contribution < 1.29 is 9.90 Å². The molecule has 0 spiro atoms. The van der Waals surface area contributed by atoms with Crippen molar-refractivity contribution in [2.24, 2.45) is 0 Å². The van der Waals surface area contributed by atoms with Crippen molar-refractivity contribution >= 4 is 11.7 Å². The number of amides is 1. The number of likely N-dealkylation sites (tertiary alicyclic amines) is 1. The highest BCUT2D eigenvalue weighted by molar-refractivity contribution is 5.92. The standard InChI is InChI=1S/C12H18N4O2/c1-13-11-6-5-10(14-15-11)12(18)16-7-3-2-4-9(16)8-17/h5-6,9,17H,2-4,7-8H2,1H3,(H,13,15). The zero-order chi connectivity index (χ0) is 13.0. The summed E-state index contributed by atoms with van der Waals surface area (Å²) in [5.74, 6) is 0.479. The molecule has 1 amide bonds. The van der Waals surface area contributed by atoms with Crippen LogP contribution in [-0.4, -0.2) is 52.4 Å². The van der Waals surface area contributed by atoms with E-state index in [0.717, 1.165) is 19.3 Å². The van der Waals surface area contributed by atoms with Crippen LogP contribution in [0.25, 0.3) is 0 Å². The van der Waals surface area contributed by atoms with Gasteiger partial charge in [0.25, 0.3) is 5.91 Å². The molecule has 0 aliphatic carbocycles. The van der Waals surface area contributed by atoms with Gasteiger partial charge in [-0.05, 0) is 31.4 Å². The highest BCUT2D eigenvalue weighted by Gasteiger charge is 2.27. The van der Waals surface area contributed by atoms with Gasteiger partial charge in [-0.25, -0.2) is 0 Å². The van der Waals surface area contributed by atoms with Crippen molar-refractivity contribution in [3.8, 4) is 0 Å². The van der Waals surface area contributed by atoms with Gasteiger partial charge in [0.05, 0.1) is 12.6 Å². The third-order valence-corrected chi connectivity index (χ3v) is 3.24. The lowest BCUT2D eigenvalue weighted by molar-refractivity contribution is 0.0496. The van der Waals surface area contributed by atoms with Crippen LogP contribution in [0.2, 0.25) is 0 Å². The number of aliphatic hydroxyl groups is 1. The molecule has 0 bridgehead atoms. The van der Waals surface area contributed by atoms with Crippen molar-refractivity contribution in [3.05, 3.63) is 17.8 Å². The van der Waals surface area contributed by atoms with E-state index in [1.807, 2.05) is 0 Å².